The highest BCUT2D eigenvalue weighted by Crippen LogP contribution is 2.35. The van der Waals surface area contributed by atoms with Crippen molar-refractivity contribution in [3.05, 3.63) is 0 Å². The average Bonchev–Trinajstić information content (AvgIpc) is 3.27. The average molecular weight is 268 g/mol. The summed E-state index contributed by atoms with van der Waals surface area (Å²) in [7, 11) is 0. The van der Waals surface area contributed by atoms with E-state index in [1.165, 1.54) is 45.3 Å². The molecule has 1 saturated carbocycles. The van der Waals surface area contributed by atoms with Crippen molar-refractivity contribution in [1.29, 1.82) is 0 Å². The second kappa shape index (κ2) is 7.61. The lowest BCUT2D eigenvalue weighted by molar-refractivity contribution is 0.0689. The smallest absolute Gasteiger partial charge is 0.0478 e. The molecule has 0 radical (unpaired) electrons. The van der Waals surface area contributed by atoms with Crippen molar-refractivity contribution in [2.75, 3.05) is 32.8 Å². The van der Waals surface area contributed by atoms with Gasteiger partial charge in [0.1, 0.15) is 0 Å². The molecule has 2 rings (SSSR count). The summed E-state index contributed by atoms with van der Waals surface area (Å²) in [4.78, 5) is 2.74. The SMILES string of the molecule is CCOCCCN1CC(C2CC2)NCC1C(C)CC. The number of nitrogens with one attached hydrogen (secondary N) is 1. The summed E-state index contributed by atoms with van der Waals surface area (Å²) in [6, 6.07) is 1.48. The van der Waals surface area contributed by atoms with E-state index >= 15 is 0 Å². The van der Waals surface area contributed by atoms with E-state index in [0.717, 1.165) is 37.1 Å². The molecule has 3 heteroatoms. The van der Waals surface area contributed by atoms with Crippen molar-refractivity contribution in [2.45, 2.75) is 58.5 Å². The monoisotopic (exact) mass is 268 g/mol. The van der Waals surface area contributed by atoms with Crippen LogP contribution in [0, 0.1) is 11.8 Å². The van der Waals surface area contributed by atoms with Crippen molar-refractivity contribution >= 4 is 0 Å². The van der Waals surface area contributed by atoms with E-state index in [9.17, 15) is 0 Å². The highest BCUT2D eigenvalue weighted by atomic mass is 16.5. The molecule has 1 N–H and O–H groups in total. The molecule has 1 aliphatic carbocycles. The third kappa shape index (κ3) is 4.44. The van der Waals surface area contributed by atoms with Gasteiger partial charge in [0.15, 0.2) is 0 Å². The first-order chi connectivity index (χ1) is 9.26. The van der Waals surface area contributed by atoms with Crippen LogP contribution in [0.15, 0.2) is 0 Å². The first-order valence-electron chi connectivity index (χ1n) is 8.31. The maximum absolute atomic E-state index is 5.49. The molecule has 2 fully saturated rings. The Kier molecular flexibility index (Phi) is 6.11. The molecular formula is C16H32N2O. The van der Waals surface area contributed by atoms with Crippen molar-refractivity contribution in [3.63, 3.8) is 0 Å². The van der Waals surface area contributed by atoms with Gasteiger partial charge in [0, 0.05) is 44.9 Å². The molecule has 0 amide bonds. The summed E-state index contributed by atoms with van der Waals surface area (Å²) in [5.74, 6) is 1.76. The van der Waals surface area contributed by atoms with E-state index in [1.54, 1.807) is 0 Å². The van der Waals surface area contributed by atoms with Crippen LogP contribution >= 0.6 is 0 Å². The molecule has 112 valence electrons. The van der Waals surface area contributed by atoms with Gasteiger partial charge in [-0.05, 0) is 38.0 Å². The zero-order valence-electron chi connectivity index (χ0n) is 13.0. The molecule has 0 aromatic carbocycles. The summed E-state index contributed by atoms with van der Waals surface area (Å²) >= 11 is 0. The molecule has 3 nitrogen and oxygen atoms in total. The van der Waals surface area contributed by atoms with Crippen LogP contribution in [-0.2, 0) is 4.74 Å². The lowest BCUT2D eigenvalue weighted by Crippen LogP contribution is -2.59. The number of hydrogen-bond donors (Lipinski definition) is 1. The Morgan fingerprint density at radius 1 is 1.32 bits per heavy atom. The van der Waals surface area contributed by atoms with E-state index in [2.05, 4.69) is 31.0 Å². The number of nitrogens with zero attached hydrogens (tertiary/aromatic N) is 1. The van der Waals surface area contributed by atoms with Crippen molar-refractivity contribution in [1.82, 2.24) is 10.2 Å². The predicted molar refractivity (Wildman–Crippen MR) is 80.4 cm³/mol. The minimum atomic E-state index is 0.724. The van der Waals surface area contributed by atoms with Crippen LogP contribution in [0.25, 0.3) is 0 Å². The van der Waals surface area contributed by atoms with Gasteiger partial charge in [-0.25, -0.2) is 0 Å². The Morgan fingerprint density at radius 3 is 2.74 bits per heavy atom. The standard InChI is InChI=1S/C16H32N2O/c1-4-13(3)16-11-17-15(14-7-8-14)12-18(16)9-6-10-19-5-2/h13-17H,4-12H2,1-3H3. The third-order valence-electron chi connectivity index (χ3n) is 4.92. The molecule has 0 spiro atoms. The Morgan fingerprint density at radius 2 is 2.11 bits per heavy atom. The fourth-order valence-corrected chi connectivity index (χ4v) is 3.27. The first-order valence-corrected chi connectivity index (χ1v) is 8.31. The maximum atomic E-state index is 5.49. The van der Waals surface area contributed by atoms with Crippen LogP contribution in [-0.4, -0.2) is 49.8 Å². The fraction of sp³-hybridized carbons (Fsp3) is 1.00. The molecule has 0 aromatic heterocycles. The minimum absolute atomic E-state index is 0.724. The van der Waals surface area contributed by atoms with Crippen LogP contribution < -0.4 is 5.32 Å². The number of piperazine rings is 1. The topological polar surface area (TPSA) is 24.5 Å². The van der Waals surface area contributed by atoms with E-state index in [4.69, 9.17) is 4.74 Å². The van der Waals surface area contributed by atoms with Gasteiger partial charge in [0.05, 0.1) is 0 Å². The van der Waals surface area contributed by atoms with E-state index < -0.39 is 0 Å². The number of rotatable bonds is 8. The quantitative estimate of drug-likeness (QED) is 0.685. The van der Waals surface area contributed by atoms with Crippen LogP contribution in [0.5, 0.6) is 0 Å². The lowest BCUT2D eigenvalue weighted by Gasteiger charge is -2.43. The van der Waals surface area contributed by atoms with Gasteiger partial charge in [-0.1, -0.05) is 20.3 Å². The Balaban J connectivity index is 1.82. The van der Waals surface area contributed by atoms with Crippen LogP contribution in [0.1, 0.15) is 46.5 Å². The fourth-order valence-electron chi connectivity index (χ4n) is 3.27. The molecule has 1 saturated heterocycles. The van der Waals surface area contributed by atoms with Gasteiger partial charge in [0.2, 0.25) is 0 Å². The van der Waals surface area contributed by atoms with Gasteiger partial charge < -0.3 is 10.1 Å². The number of ether oxygens (including phenoxy) is 1. The largest absolute Gasteiger partial charge is 0.382 e. The van der Waals surface area contributed by atoms with Gasteiger partial charge in [-0.15, -0.1) is 0 Å². The molecule has 19 heavy (non-hydrogen) atoms. The highest BCUT2D eigenvalue weighted by molar-refractivity contribution is 4.95. The normalized spacial score (nSPS) is 30.5. The Bertz CT molecular complexity index is 255. The second-order valence-corrected chi connectivity index (χ2v) is 6.35. The number of hydrogen-bond acceptors (Lipinski definition) is 3. The van der Waals surface area contributed by atoms with Gasteiger partial charge in [-0.2, -0.15) is 0 Å². The molecule has 1 heterocycles. The molecule has 3 atom stereocenters. The first kappa shape index (κ1) is 15.3. The molecule has 0 aromatic rings. The molecule has 1 aliphatic heterocycles. The summed E-state index contributed by atoms with van der Waals surface area (Å²) in [5.41, 5.74) is 0. The highest BCUT2D eigenvalue weighted by Gasteiger charge is 2.37. The van der Waals surface area contributed by atoms with Crippen molar-refractivity contribution in [2.24, 2.45) is 11.8 Å². The molecule has 0 bridgehead atoms. The molecular weight excluding hydrogens is 236 g/mol. The summed E-state index contributed by atoms with van der Waals surface area (Å²) < 4.78 is 5.49. The predicted octanol–water partition coefficient (Wildman–Crippen LogP) is 2.51. The molecule has 2 aliphatic rings. The zero-order chi connectivity index (χ0) is 13.7. The Hall–Kier alpha value is -0.120. The van der Waals surface area contributed by atoms with Gasteiger partial charge in [-0.3, -0.25) is 4.90 Å². The van der Waals surface area contributed by atoms with Crippen molar-refractivity contribution in [3.8, 4) is 0 Å². The van der Waals surface area contributed by atoms with Crippen molar-refractivity contribution < 1.29 is 4.74 Å². The lowest BCUT2D eigenvalue weighted by atomic mass is 9.93. The van der Waals surface area contributed by atoms with E-state index in [0.29, 0.717) is 0 Å². The van der Waals surface area contributed by atoms with Crippen LogP contribution in [0.4, 0.5) is 0 Å². The summed E-state index contributed by atoms with van der Waals surface area (Å²) in [6.45, 7) is 12.2. The summed E-state index contributed by atoms with van der Waals surface area (Å²) in [6.07, 6.45) is 5.34. The van der Waals surface area contributed by atoms with E-state index in [1.807, 2.05) is 0 Å². The minimum Gasteiger partial charge on any atom is -0.382 e. The van der Waals surface area contributed by atoms with Gasteiger partial charge >= 0.3 is 0 Å². The van der Waals surface area contributed by atoms with Gasteiger partial charge in [0.25, 0.3) is 0 Å². The summed E-state index contributed by atoms with van der Waals surface area (Å²) in [5, 5.41) is 3.80. The van der Waals surface area contributed by atoms with Crippen LogP contribution in [0.2, 0.25) is 0 Å². The third-order valence-corrected chi connectivity index (χ3v) is 4.92. The second-order valence-electron chi connectivity index (χ2n) is 6.35. The van der Waals surface area contributed by atoms with Crippen LogP contribution in [0.3, 0.4) is 0 Å². The zero-order valence-corrected chi connectivity index (χ0v) is 13.0. The molecule has 3 unspecified atom stereocenters. The Labute approximate surface area is 119 Å². The van der Waals surface area contributed by atoms with E-state index in [-0.39, 0.29) is 0 Å². The maximum Gasteiger partial charge on any atom is 0.0478 e.